The zero-order chi connectivity index (χ0) is 20.1. The van der Waals surface area contributed by atoms with Crippen LogP contribution in [0, 0.1) is 22.7 Å². The van der Waals surface area contributed by atoms with Crippen LogP contribution in [0.5, 0.6) is 0 Å². The number of Topliss-reactive ketones (excluding diaryl/α,β-unsaturated/α-hetero) is 1. The first-order valence-corrected chi connectivity index (χ1v) is 10.2. The summed E-state index contributed by atoms with van der Waals surface area (Å²) in [5.41, 5.74) is 2.04. The van der Waals surface area contributed by atoms with Gasteiger partial charge >= 0.3 is 0 Å². The van der Waals surface area contributed by atoms with E-state index >= 15 is 0 Å². The topological polar surface area (TPSA) is 67.9 Å². The number of carbonyl (C=O) groups is 1. The maximum Gasteiger partial charge on any atom is 0.194 e. The fourth-order valence-electron chi connectivity index (χ4n) is 3.35. The summed E-state index contributed by atoms with van der Waals surface area (Å²) >= 11 is 1.62. The number of anilines is 1. The van der Waals surface area contributed by atoms with Crippen LogP contribution in [0.3, 0.4) is 0 Å². The zero-order valence-corrected chi connectivity index (χ0v) is 16.8. The molecule has 28 heavy (non-hydrogen) atoms. The monoisotopic (exact) mass is 387 g/mol. The lowest BCUT2D eigenvalue weighted by Crippen LogP contribution is -2.22. The van der Waals surface area contributed by atoms with Crippen molar-refractivity contribution in [1.29, 1.82) is 10.5 Å². The molecule has 5 heteroatoms. The van der Waals surface area contributed by atoms with Crippen molar-refractivity contribution < 1.29 is 4.79 Å². The van der Waals surface area contributed by atoms with E-state index in [1.54, 1.807) is 29.5 Å². The number of unbranched alkanes of at least 4 members (excludes halogenated alkanes) is 1. The van der Waals surface area contributed by atoms with Gasteiger partial charge in [-0.1, -0.05) is 37.6 Å². The van der Waals surface area contributed by atoms with Gasteiger partial charge in [-0.2, -0.15) is 10.5 Å². The van der Waals surface area contributed by atoms with E-state index in [1.807, 2.05) is 30.3 Å². The Balaban J connectivity index is 2.05. The molecular formula is C23H21N3OS. The lowest BCUT2D eigenvalue weighted by Gasteiger charge is -2.20. The van der Waals surface area contributed by atoms with Crippen molar-refractivity contribution in [1.82, 2.24) is 0 Å². The van der Waals surface area contributed by atoms with Crippen molar-refractivity contribution in [2.45, 2.75) is 26.7 Å². The van der Waals surface area contributed by atoms with Crippen LogP contribution in [0.4, 0.5) is 5.00 Å². The number of nitrogens with zero attached hydrogens (tertiary/aromatic N) is 3. The summed E-state index contributed by atoms with van der Waals surface area (Å²) in [6, 6.07) is 15.1. The van der Waals surface area contributed by atoms with Crippen LogP contribution < -0.4 is 4.90 Å². The first kappa shape index (κ1) is 19.6. The second-order valence-corrected chi connectivity index (χ2v) is 7.61. The van der Waals surface area contributed by atoms with Crippen molar-refractivity contribution in [2.24, 2.45) is 0 Å². The lowest BCUT2D eigenvalue weighted by molar-refractivity contribution is 0.104. The number of hydrogen-bond acceptors (Lipinski definition) is 5. The highest BCUT2D eigenvalue weighted by atomic mass is 32.1. The molecule has 0 aliphatic heterocycles. The Labute approximate surface area is 169 Å². The van der Waals surface area contributed by atoms with Gasteiger partial charge in [0.25, 0.3) is 0 Å². The Kier molecular flexibility index (Phi) is 6.09. The molecule has 0 saturated carbocycles. The molecule has 2 aromatic rings. The number of nitriles is 2. The highest BCUT2D eigenvalue weighted by Crippen LogP contribution is 2.40. The average molecular weight is 388 g/mol. The van der Waals surface area contributed by atoms with Crippen molar-refractivity contribution in [3.8, 4) is 12.1 Å². The molecule has 1 aliphatic carbocycles. The van der Waals surface area contributed by atoms with Gasteiger partial charge in [0.1, 0.15) is 17.7 Å². The van der Waals surface area contributed by atoms with Gasteiger partial charge in [0.05, 0.1) is 5.00 Å². The first-order chi connectivity index (χ1) is 13.6. The molecule has 0 atom stereocenters. The zero-order valence-electron chi connectivity index (χ0n) is 16.0. The summed E-state index contributed by atoms with van der Waals surface area (Å²) in [6.45, 7) is 6.25. The lowest BCUT2D eigenvalue weighted by atomic mass is 9.99. The predicted octanol–water partition coefficient (Wildman–Crippen LogP) is 5.46. The number of rotatable bonds is 6. The van der Waals surface area contributed by atoms with Gasteiger partial charge in [-0.25, -0.2) is 0 Å². The number of thiophene rings is 1. The minimum Gasteiger partial charge on any atom is -0.364 e. The number of carbonyl (C=O) groups excluding carboxylic acids is 1. The number of fused-ring (bicyclic) bond motifs is 1. The normalized spacial score (nSPS) is 13.9. The van der Waals surface area contributed by atoms with Crippen molar-refractivity contribution in [3.05, 3.63) is 63.5 Å². The number of allylic oxidation sites excluding steroid dienone is 3. The van der Waals surface area contributed by atoms with Crippen LogP contribution in [0.2, 0.25) is 0 Å². The summed E-state index contributed by atoms with van der Waals surface area (Å²) in [6.07, 6.45) is 4.09. The van der Waals surface area contributed by atoms with Gasteiger partial charge in [-0.05, 0) is 37.1 Å². The third-order valence-corrected chi connectivity index (χ3v) is 5.90. The van der Waals surface area contributed by atoms with E-state index in [1.165, 1.54) is 0 Å². The molecule has 0 spiro atoms. The Bertz CT molecular complexity index is 1030. The van der Waals surface area contributed by atoms with Gasteiger partial charge in [-0.3, -0.25) is 4.79 Å². The molecule has 1 heterocycles. The maximum absolute atomic E-state index is 13.0. The van der Waals surface area contributed by atoms with E-state index in [2.05, 4.69) is 24.8 Å². The quantitative estimate of drug-likeness (QED) is 0.488. The standard InChI is InChI=1S/C23H21N3OS/c1-3-5-12-26(4-2)21-11-10-17(28-21)13-20-22(16(14-24)15-25)18-8-6-7-9-19(18)23(20)27/h6-11,13H,3-5,12H2,1-2H3/b20-13-. The van der Waals surface area contributed by atoms with Gasteiger partial charge in [0.15, 0.2) is 5.78 Å². The highest BCUT2D eigenvalue weighted by molar-refractivity contribution is 7.17. The Morgan fingerprint density at radius 1 is 1.11 bits per heavy atom. The van der Waals surface area contributed by atoms with Crippen LogP contribution in [0.25, 0.3) is 11.6 Å². The van der Waals surface area contributed by atoms with E-state index in [-0.39, 0.29) is 11.4 Å². The van der Waals surface area contributed by atoms with E-state index in [0.717, 1.165) is 35.8 Å². The van der Waals surface area contributed by atoms with E-state index < -0.39 is 0 Å². The molecule has 140 valence electrons. The molecule has 0 amide bonds. The molecule has 0 saturated heterocycles. The minimum absolute atomic E-state index is 0.0283. The van der Waals surface area contributed by atoms with Crippen LogP contribution in [-0.4, -0.2) is 18.9 Å². The predicted molar refractivity (Wildman–Crippen MR) is 114 cm³/mol. The SMILES string of the molecule is CCCCN(CC)c1ccc(/C=C2\C(=O)c3ccccc3C2=C(C#N)C#N)s1. The highest BCUT2D eigenvalue weighted by Gasteiger charge is 2.32. The molecule has 0 fully saturated rings. The van der Waals surface area contributed by atoms with Crippen molar-refractivity contribution >= 4 is 33.8 Å². The minimum atomic E-state index is -0.137. The van der Waals surface area contributed by atoms with Gasteiger partial charge in [-0.15, -0.1) is 11.3 Å². The van der Waals surface area contributed by atoms with Crippen molar-refractivity contribution in [3.63, 3.8) is 0 Å². The van der Waals surface area contributed by atoms with Gasteiger partial charge in [0.2, 0.25) is 0 Å². The molecule has 0 bridgehead atoms. The average Bonchev–Trinajstić information content (AvgIpc) is 3.29. The number of hydrogen-bond donors (Lipinski definition) is 0. The molecule has 0 N–H and O–H groups in total. The van der Waals surface area contributed by atoms with Crippen LogP contribution in [0.15, 0.2) is 47.5 Å². The van der Waals surface area contributed by atoms with E-state index in [0.29, 0.717) is 22.3 Å². The fourth-order valence-corrected chi connectivity index (χ4v) is 4.39. The van der Waals surface area contributed by atoms with E-state index in [4.69, 9.17) is 0 Å². The molecule has 1 aromatic carbocycles. The Morgan fingerprint density at radius 2 is 1.82 bits per heavy atom. The second-order valence-electron chi connectivity index (χ2n) is 6.52. The molecule has 3 rings (SSSR count). The number of ketones is 1. The Morgan fingerprint density at radius 3 is 2.46 bits per heavy atom. The fraction of sp³-hybridized carbons (Fsp3) is 0.261. The van der Waals surface area contributed by atoms with Crippen molar-refractivity contribution in [2.75, 3.05) is 18.0 Å². The summed E-state index contributed by atoms with van der Waals surface area (Å²) in [5.74, 6) is -0.137. The summed E-state index contributed by atoms with van der Waals surface area (Å²) < 4.78 is 0. The largest absolute Gasteiger partial charge is 0.364 e. The summed E-state index contributed by atoms with van der Waals surface area (Å²) in [4.78, 5) is 16.2. The number of benzene rings is 1. The molecule has 1 aromatic heterocycles. The third-order valence-electron chi connectivity index (χ3n) is 4.80. The summed E-state index contributed by atoms with van der Waals surface area (Å²) in [5, 5.41) is 20.0. The van der Waals surface area contributed by atoms with Crippen LogP contribution in [-0.2, 0) is 0 Å². The smallest absolute Gasteiger partial charge is 0.194 e. The molecular weight excluding hydrogens is 366 g/mol. The molecule has 4 nitrogen and oxygen atoms in total. The van der Waals surface area contributed by atoms with Crippen LogP contribution in [0.1, 0.15) is 47.5 Å². The Hall–Kier alpha value is -3.15. The first-order valence-electron chi connectivity index (χ1n) is 9.40. The molecule has 0 unspecified atom stereocenters. The van der Waals surface area contributed by atoms with Crippen LogP contribution >= 0.6 is 11.3 Å². The second kappa shape index (κ2) is 8.69. The maximum atomic E-state index is 13.0. The molecule has 0 radical (unpaired) electrons. The molecule has 1 aliphatic rings. The van der Waals surface area contributed by atoms with Gasteiger partial charge < -0.3 is 4.90 Å². The third kappa shape index (κ3) is 3.63. The summed E-state index contributed by atoms with van der Waals surface area (Å²) in [7, 11) is 0. The van der Waals surface area contributed by atoms with Gasteiger partial charge in [0, 0.05) is 34.7 Å². The van der Waals surface area contributed by atoms with E-state index in [9.17, 15) is 15.3 Å².